The number of benzene rings is 1. The van der Waals surface area contributed by atoms with Gasteiger partial charge < -0.3 is 5.32 Å². The molecule has 1 N–H and O–H groups in total. The van der Waals surface area contributed by atoms with Crippen LogP contribution in [0.5, 0.6) is 0 Å². The average Bonchev–Trinajstić information content (AvgIpc) is 3.09. The molecule has 8 heteroatoms. The van der Waals surface area contributed by atoms with Crippen molar-refractivity contribution in [1.29, 1.82) is 0 Å². The summed E-state index contributed by atoms with van der Waals surface area (Å²) in [6.07, 6.45) is 0. The summed E-state index contributed by atoms with van der Waals surface area (Å²) < 4.78 is 3.28. The molecule has 26 heavy (non-hydrogen) atoms. The molecule has 2 aromatic heterocycles. The Labute approximate surface area is 168 Å². The molecule has 1 unspecified atom stereocenters. The number of fused-ring (bicyclic) bond motifs is 1. The monoisotopic (exact) mass is 451 g/mol. The molecular weight excluding hydrogens is 434 g/mol. The zero-order chi connectivity index (χ0) is 18.7. The van der Waals surface area contributed by atoms with Crippen LogP contribution in [0.2, 0.25) is 0 Å². The number of halogens is 1. The van der Waals surface area contributed by atoms with E-state index in [1.807, 2.05) is 49.6 Å². The molecule has 3 rings (SSSR count). The lowest BCUT2D eigenvalue weighted by Gasteiger charge is -2.15. The van der Waals surface area contributed by atoms with E-state index in [9.17, 15) is 9.59 Å². The lowest BCUT2D eigenvalue weighted by Crippen LogP contribution is -2.29. The SMILES string of the molecule is CCn1c(SCC(=O)NC(C)c2ccc(Br)cc2)nc2ccsc2c1=O. The molecule has 0 aliphatic rings. The van der Waals surface area contributed by atoms with E-state index in [1.165, 1.54) is 23.1 Å². The first-order valence-corrected chi connectivity index (χ1v) is 10.8. The van der Waals surface area contributed by atoms with Crippen LogP contribution in [0, 0.1) is 0 Å². The predicted molar refractivity (Wildman–Crippen MR) is 111 cm³/mol. The van der Waals surface area contributed by atoms with Crippen molar-refractivity contribution in [3.8, 4) is 0 Å². The van der Waals surface area contributed by atoms with Crippen LogP contribution in [0.3, 0.4) is 0 Å². The van der Waals surface area contributed by atoms with Gasteiger partial charge in [-0.25, -0.2) is 4.98 Å². The molecule has 5 nitrogen and oxygen atoms in total. The Morgan fingerprint density at radius 1 is 1.35 bits per heavy atom. The number of aromatic nitrogens is 2. The number of carbonyl (C=O) groups is 1. The van der Waals surface area contributed by atoms with Gasteiger partial charge in [-0.2, -0.15) is 0 Å². The van der Waals surface area contributed by atoms with E-state index in [4.69, 9.17) is 0 Å². The second-order valence-corrected chi connectivity index (χ2v) is 8.48. The van der Waals surface area contributed by atoms with Gasteiger partial charge in [-0.05, 0) is 43.0 Å². The van der Waals surface area contributed by atoms with Crippen LogP contribution in [0.4, 0.5) is 0 Å². The average molecular weight is 452 g/mol. The highest BCUT2D eigenvalue weighted by Gasteiger charge is 2.14. The largest absolute Gasteiger partial charge is 0.349 e. The van der Waals surface area contributed by atoms with Gasteiger partial charge in [0.25, 0.3) is 5.56 Å². The van der Waals surface area contributed by atoms with Crippen molar-refractivity contribution in [3.05, 3.63) is 56.1 Å². The zero-order valence-corrected chi connectivity index (χ0v) is 17.6. The van der Waals surface area contributed by atoms with E-state index >= 15 is 0 Å². The van der Waals surface area contributed by atoms with Gasteiger partial charge in [-0.15, -0.1) is 11.3 Å². The normalized spacial score (nSPS) is 12.3. The van der Waals surface area contributed by atoms with Crippen LogP contribution in [-0.4, -0.2) is 21.2 Å². The molecule has 2 heterocycles. The van der Waals surface area contributed by atoms with E-state index in [1.54, 1.807) is 4.57 Å². The maximum absolute atomic E-state index is 12.5. The Morgan fingerprint density at radius 2 is 2.08 bits per heavy atom. The Bertz CT molecular complexity index is 982. The van der Waals surface area contributed by atoms with E-state index < -0.39 is 0 Å². The number of nitrogens with zero attached hydrogens (tertiary/aromatic N) is 2. The van der Waals surface area contributed by atoms with Gasteiger partial charge in [0.05, 0.1) is 17.3 Å². The van der Waals surface area contributed by atoms with Crippen molar-refractivity contribution in [2.24, 2.45) is 0 Å². The summed E-state index contributed by atoms with van der Waals surface area (Å²) in [5.74, 6) is 0.121. The molecule has 0 bridgehead atoms. The highest BCUT2D eigenvalue weighted by Crippen LogP contribution is 2.21. The Balaban J connectivity index is 1.68. The lowest BCUT2D eigenvalue weighted by molar-refractivity contribution is -0.119. The van der Waals surface area contributed by atoms with Gasteiger partial charge in [-0.3, -0.25) is 14.2 Å². The van der Waals surface area contributed by atoms with Gasteiger partial charge in [0.1, 0.15) is 4.70 Å². The number of thiophene rings is 1. The summed E-state index contributed by atoms with van der Waals surface area (Å²) in [7, 11) is 0. The third-order valence-corrected chi connectivity index (χ3v) is 6.32. The van der Waals surface area contributed by atoms with E-state index in [0.29, 0.717) is 21.9 Å². The van der Waals surface area contributed by atoms with Crippen molar-refractivity contribution >= 4 is 55.2 Å². The topological polar surface area (TPSA) is 64.0 Å². The molecule has 0 aliphatic carbocycles. The molecule has 1 aromatic carbocycles. The third-order valence-electron chi connectivity index (χ3n) is 3.93. The number of hydrogen-bond donors (Lipinski definition) is 1. The van der Waals surface area contributed by atoms with Crippen LogP contribution in [0.1, 0.15) is 25.5 Å². The smallest absolute Gasteiger partial charge is 0.272 e. The quantitative estimate of drug-likeness (QED) is 0.450. The van der Waals surface area contributed by atoms with Crippen molar-refractivity contribution in [2.75, 3.05) is 5.75 Å². The maximum atomic E-state index is 12.5. The van der Waals surface area contributed by atoms with Crippen LogP contribution in [0.25, 0.3) is 10.2 Å². The van der Waals surface area contributed by atoms with Gasteiger partial charge in [0.2, 0.25) is 5.91 Å². The second kappa shape index (κ2) is 8.37. The van der Waals surface area contributed by atoms with Crippen molar-refractivity contribution in [2.45, 2.75) is 31.6 Å². The molecule has 0 spiro atoms. The molecule has 0 saturated carbocycles. The van der Waals surface area contributed by atoms with Crippen LogP contribution < -0.4 is 10.9 Å². The predicted octanol–water partition coefficient (Wildman–Crippen LogP) is 4.21. The van der Waals surface area contributed by atoms with Crippen molar-refractivity contribution in [1.82, 2.24) is 14.9 Å². The first kappa shape index (κ1) is 19.1. The molecule has 136 valence electrons. The molecule has 0 saturated heterocycles. The molecular formula is C18H18BrN3O2S2. The molecule has 0 aliphatic heterocycles. The fourth-order valence-electron chi connectivity index (χ4n) is 2.56. The third kappa shape index (κ3) is 4.19. The summed E-state index contributed by atoms with van der Waals surface area (Å²) in [6, 6.07) is 9.60. The number of hydrogen-bond acceptors (Lipinski definition) is 5. The maximum Gasteiger partial charge on any atom is 0.272 e. The molecule has 1 amide bonds. The summed E-state index contributed by atoms with van der Waals surface area (Å²) in [5, 5.41) is 5.42. The fraction of sp³-hybridized carbons (Fsp3) is 0.278. The van der Waals surface area contributed by atoms with Gasteiger partial charge >= 0.3 is 0 Å². The number of amides is 1. The summed E-state index contributed by atoms with van der Waals surface area (Å²) >= 11 is 6.09. The van der Waals surface area contributed by atoms with Crippen LogP contribution >= 0.6 is 39.0 Å². The highest BCUT2D eigenvalue weighted by atomic mass is 79.9. The van der Waals surface area contributed by atoms with Crippen LogP contribution in [0.15, 0.2) is 50.1 Å². The molecule has 0 radical (unpaired) electrons. The first-order chi connectivity index (χ1) is 12.5. The Hall–Kier alpha value is -1.64. The standard InChI is InChI=1S/C18H18BrN3O2S2/c1-3-22-17(24)16-14(8-9-25-16)21-18(22)26-10-15(23)20-11(2)12-4-6-13(19)7-5-12/h4-9,11H,3,10H2,1-2H3,(H,20,23). The summed E-state index contributed by atoms with van der Waals surface area (Å²) in [6.45, 7) is 4.38. The lowest BCUT2D eigenvalue weighted by atomic mass is 10.1. The van der Waals surface area contributed by atoms with Gasteiger partial charge in [0.15, 0.2) is 5.16 Å². The number of rotatable bonds is 6. The van der Waals surface area contributed by atoms with Crippen molar-refractivity contribution < 1.29 is 4.79 Å². The first-order valence-electron chi connectivity index (χ1n) is 8.15. The zero-order valence-electron chi connectivity index (χ0n) is 14.4. The summed E-state index contributed by atoms with van der Waals surface area (Å²) in [4.78, 5) is 29.3. The number of thioether (sulfide) groups is 1. The molecule has 0 fully saturated rings. The van der Waals surface area contributed by atoms with E-state index in [2.05, 4.69) is 26.2 Å². The second-order valence-electron chi connectivity index (χ2n) is 5.71. The van der Waals surface area contributed by atoms with Gasteiger partial charge in [0, 0.05) is 11.0 Å². The number of nitrogens with one attached hydrogen (secondary N) is 1. The summed E-state index contributed by atoms with van der Waals surface area (Å²) in [5.41, 5.74) is 1.68. The minimum Gasteiger partial charge on any atom is -0.349 e. The van der Waals surface area contributed by atoms with Crippen LogP contribution in [-0.2, 0) is 11.3 Å². The van der Waals surface area contributed by atoms with Crippen molar-refractivity contribution in [3.63, 3.8) is 0 Å². The number of carbonyl (C=O) groups excluding carboxylic acids is 1. The van der Waals surface area contributed by atoms with Gasteiger partial charge in [-0.1, -0.05) is 39.8 Å². The fourth-order valence-corrected chi connectivity index (χ4v) is 4.48. The molecule has 1 atom stereocenters. The Morgan fingerprint density at radius 3 is 2.77 bits per heavy atom. The minimum absolute atomic E-state index is 0.0429. The Kier molecular flexibility index (Phi) is 6.16. The highest BCUT2D eigenvalue weighted by molar-refractivity contribution is 9.10. The van der Waals surface area contributed by atoms with E-state index in [0.717, 1.165) is 10.0 Å². The molecule has 3 aromatic rings. The van der Waals surface area contributed by atoms with E-state index in [-0.39, 0.29) is 23.3 Å². The minimum atomic E-state index is -0.0901.